The van der Waals surface area contributed by atoms with Crippen LogP contribution in [0.25, 0.3) is 6.08 Å². The number of anilines is 1. The van der Waals surface area contributed by atoms with E-state index in [-0.39, 0.29) is 5.91 Å². The maximum absolute atomic E-state index is 11.7. The molecule has 1 N–H and O–H groups in total. The van der Waals surface area contributed by atoms with Gasteiger partial charge in [-0.25, -0.2) is 0 Å². The van der Waals surface area contributed by atoms with Gasteiger partial charge in [-0.05, 0) is 49.6 Å². The van der Waals surface area contributed by atoms with Gasteiger partial charge in [0.05, 0.1) is 0 Å². The average Bonchev–Trinajstić information content (AvgIpc) is 2.82. The zero-order chi connectivity index (χ0) is 13.7. The number of thioether (sulfide) groups is 1. The monoisotopic (exact) mass is 273 g/mol. The second kappa shape index (κ2) is 6.29. The van der Waals surface area contributed by atoms with E-state index in [0.29, 0.717) is 5.76 Å². The summed E-state index contributed by atoms with van der Waals surface area (Å²) in [6, 6.07) is 11.4. The number of rotatable bonds is 4. The van der Waals surface area contributed by atoms with Gasteiger partial charge in [-0.15, -0.1) is 11.8 Å². The highest BCUT2D eigenvalue weighted by molar-refractivity contribution is 7.98. The van der Waals surface area contributed by atoms with Crippen molar-refractivity contribution in [2.45, 2.75) is 11.8 Å². The Hall–Kier alpha value is -1.94. The van der Waals surface area contributed by atoms with Crippen molar-refractivity contribution in [1.29, 1.82) is 0 Å². The topological polar surface area (TPSA) is 42.2 Å². The summed E-state index contributed by atoms with van der Waals surface area (Å²) in [7, 11) is 0. The highest BCUT2D eigenvalue weighted by Gasteiger charge is 2.00. The number of hydrogen-bond acceptors (Lipinski definition) is 3. The quantitative estimate of drug-likeness (QED) is 0.677. The molecule has 2 aromatic rings. The van der Waals surface area contributed by atoms with Crippen LogP contribution in [0, 0.1) is 6.92 Å². The highest BCUT2D eigenvalue weighted by Crippen LogP contribution is 2.19. The molecule has 3 nitrogen and oxygen atoms in total. The van der Waals surface area contributed by atoms with Crippen LogP contribution in [0.5, 0.6) is 0 Å². The van der Waals surface area contributed by atoms with Crippen LogP contribution in [0.4, 0.5) is 5.69 Å². The molecule has 0 aliphatic rings. The molecule has 0 atom stereocenters. The van der Waals surface area contributed by atoms with Crippen molar-refractivity contribution >= 4 is 29.4 Å². The standard InChI is InChI=1S/C15H15NO2S/c1-11-6-7-13(18-11)8-9-15(17)16-12-4-3-5-14(10-12)19-2/h3-10H,1-2H3,(H,16,17)/b9-8+. The van der Waals surface area contributed by atoms with E-state index in [1.54, 1.807) is 17.8 Å². The number of amides is 1. The van der Waals surface area contributed by atoms with E-state index in [1.807, 2.05) is 49.6 Å². The Labute approximate surface area is 116 Å². The van der Waals surface area contributed by atoms with Crippen LogP contribution < -0.4 is 5.32 Å². The van der Waals surface area contributed by atoms with Crippen LogP contribution in [0.15, 0.2) is 51.8 Å². The molecule has 0 spiro atoms. The zero-order valence-electron chi connectivity index (χ0n) is 10.8. The fourth-order valence-electron chi connectivity index (χ4n) is 1.59. The van der Waals surface area contributed by atoms with Crippen molar-refractivity contribution in [3.8, 4) is 0 Å². The Balaban J connectivity index is 1.99. The number of hydrogen-bond donors (Lipinski definition) is 1. The average molecular weight is 273 g/mol. The third kappa shape index (κ3) is 4.03. The summed E-state index contributed by atoms with van der Waals surface area (Å²) in [6.45, 7) is 1.87. The van der Waals surface area contributed by atoms with Crippen LogP contribution in [-0.2, 0) is 4.79 Å². The Kier molecular flexibility index (Phi) is 4.47. The highest BCUT2D eigenvalue weighted by atomic mass is 32.2. The van der Waals surface area contributed by atoms with Crippen LogP contribution in [-0.4, -0.2) is 12.2 Å². The first-order chi connectivity index (χ1) is 9.17. The minimum Gasteiger partial charge on any atom is -0.462 e. The molecule has 0 saturated heterocycles. The third-order valence-electron chi connectivity index (χ3n) is 2.50. The largest absolute Gasteiger partial charge is 0.462 e. The second-order valence-corrected chi connectivity index (χ2v) is 4.88. The van der Waals surface area contributed by atoms with Crippen LogP contribution in [0.1, 0.15) is 11.5 Å². The van der Waals surface area contributed by atoms with Gasteiger partial charge >= 0.3 is 0 Å². The van der Waals surface area contributed by atoms with Crippen LogP contribution in [0.2, 0.25) is 0 Å². The lowest BCUT2D eigenvalue weighted by molar-refractivity contribution is -0.111. The molecule has 0 unspecified atom stereocenters. The normalized spacial score (nSPS) is 10.8. The van der Waals surface area contributed by atoms with Crippen molar-refractivity contribution in [3.63, 3.8) is 0 Å². The van der Waals surface area contributed by atoms with E-state index >= 15 is 0 Å². The Morgan fingerprint density at radius 2 is 2.16 bits per heavy atom. The lowest BCUT2D eigenvalue weighted by atomic mass is 10.3. The molecule has 0 saturated carbocycles. The van der Waals surface area contributed by atoms with Crippen LogP contribution >= 0.6 is 11.8 Å². The van der Waals surface area contributed by atoms with Crippen molar-refractivity contribution in [2.24, 2.45) is 0 Å². The molecule has 1 amide bonds. The predicted molar refractivity (Wildman–Crippen MR) is 79.3 cm³/mol. The predicted octanol–water partition coefficient (Wildman–Crippen LogP) is 3.96. The van der Waals surface area contributed by atoms with E-state index < -0.39 is 0 Å². The number of carbonyl (C=O) groups excluding carboxylic acids is 1. The number of benzene rings is 1. The Morgan fingerprint density at radius 3 is 2.84 bits per heavy atom. The van der Waals surface area contributed by atoms with Gasteiger partial charge < -0.3 is 9.73 Å². The maximum atomic E-state index is 11.7. The molecule has 1 aromatic carbocycles. The van der Waals surface area contributed by atoms with E-state index in [1.165, 1.54) is 6.08 Å². The van der Waals surface area contributed by atoms with E-state index in [2.05, 4.69) is 5.32 Å². The molecular weight excluding hydrogens is 258 g/mol. The summed E-state index contributed by atoms with van der Waals surface area (Å²) in [5.41, 5.74) is 0.789. The first kappa shape index (κ1) is 13.5. The number of carbonyl (C=O) groups is 1. The van der Waals surface area contributed by atoms with Gasteiger partial charge in [0.15, 0.2) is 0 Å². The van der Waals surface area contributed by atoms with E-state index in [9.17, 15) is 4.79 Å². The van der Waals surface area contributed by atoms with Gasteiger partial charge in [0, 0.05) is 16.7 Å². The van der Waals surface area contributed by atoms with Gasteiger partial charge in [0.25, 0.3) is 0 Å². The van der Waals surface area contributed by atoms with Crippen molar-refractivity contribution in [3.05, 3.63) is 54.0 Å². The molecule has 0 aliphatic heterocycles. The fraction of sp³-hybridized carbons (Fsp3) is 0.133. The molecule has 0 fully saturated rings. The SMILES string of the molecule is CSc1cccc(NC(=O)/C=C/c2ccc(C)o2)c1. The van der Waals surface area contributed by atoms with E-state index in [4.69, 9.17) is 4.42 Å². The first-order valence-electron chi connectivity index (χ1n) is 5.87. The minimum absolute atomic E-state index is 0.174. The summed E-state index contributed by atoms with van der Waals surface area (Å²) in [4.78, 5) is 12.9. The smallest absolute Gasteiger partial charge is 0.248 e. The van der Waals surface area contributed by atoms with Crippen molar-refractivity contribution < 1.29 is 9.21 Å². The zero-order valence-corrected chi connectivity index (χ0v) is 11.7. The van der Waals surface area contributed by atoms with Crippen molar-refractivity contribution in [2.75, 3.05) is 11.6 Å². The summed E-state index contributed by atoms with van der Waals surface area (Å²) in [5.74, 6) is 1.32. The summed E-state index contributed by atoms with van der Waals surface area (Å²) in [5, 5.41) is 2.81. The number of aryl methyl sites for hydroxylation is 1. The molecule has 0 radical (unpaired) electrons. The summed E-state index contributed by atoms with van der Waals surface area (Å²) in [6.07, 6.45) is 5.12. The number of nitrogens with one attached hydrogen (secondary N) is 1. The molecule has 4 heteroatoms. The van der Waals surface area contributed by atoms with Crippen molar-refractivity contribution in [1.82, 2.24) is 0 Å². The van der Waals surface area contributed by atoms with E-state index in [0.717, 1.165) is 16.3 Å². The molecule has 98 valence electrons. The second-order valence-electron chi connectivity index (χ2n) is 4.00. The first-order valence-corrected chi connectivity index (χ1v) is 7.09. The molecule has 19 heavy (non-hydrogen) atoms. The molecule has 2 rings (SSSR count). The Morgan fingerprint density at radius 1 is 1.32 bits per heavy atom. The lowest BCUT2D eigenvalue weighted by Crippen LogP contribution is -2.07. The lowest BCUT2D eigenvalue weighted by Gasteiger charge is -2.03. The summed E-state index contributed by atoms with van der Waals surface area (Å²) >= 11 is 1.64. The van der Waals surface area contributed by atoms with Gasteiger partial charge in [0.2, 0.25) is 5.91 Å². The van der Waals surface area contributed by atoms with Gasteiger partial charge in [-0.3, -0.25) is 4.79 Å². The molecule has 0 aliphatic carbocycles. The number of furan rings is 1. The maximum Gasteiger partial charge on any atom is 0.248 e. The van der Waals surface area contributed by atoms with Gasteiger partial charge in [0.1, 0.15) is 11.5 Å². The van der Waals surface area contributed by atoms with Gasteiger partial charge in [-0.1, -0.05) is 6.07 Å². The fourth-order valence-corrected chi connectivity index (χ4v) is 2.05. The summed E-state index contributed by atoms with van der Waals surface area (Å²) < 4.78 is 5.35. The third-order valence-corrected chi connectivity index (χ3v) is 3.22. The molecule has 1 heterocycles. The Bertz CT molecular complexity index is 602. The van der Waals surface area contributed by atoms with Gasteiger partial charge in [-0.2, -0.15) is 0 Å². The van der Waals surface area contributed by atoms with Crippen LogP contribution in [0.3, 0.4) is 0 Å². The minimum atomic E-state index is -0.174. The molecular formula is C15H15NO2S. The molecule has 1 aromatic heterocycles. The molecule has 0 bridgehead atoms.